The molecule has 0 saturated heterocycles. The summed E-state index contributed by atoms with van der Waals surface area (Å²) in [5, 5.41) is 0. The topological polar surface area (TPSA) is 51.5 Å². The van der Waals surface area contributed by atoms with Gasteiger partial charge in [-0.25, -0.2) is 4.79 Å². The van der Waals surface area contributed by atoms with Crippen molar-refractivity contribution < 1.29 is 9.53 Å². The number of aromatic nitrogens is 1. The number of hydrogen-bond acceptors (Lipinski definition) is 3. The summed E-state index contributed by atoms with van der Waals surface area (Å²) in [7, 11) is 1.72. The summed E-state index contributed by atoms with van der Waals surface area (Å²) in [5.74, 6) is 0. The third kappa shape index (κ3) is 3.74. The number of hydrogen-bond donors (Lipinski definition) is 0. The van der Waals surface area contributed by atoms with Gasteiger partial charge in [-0.1, -0.05) is 6.08 Å². The number of aryl methyl sites for hydroxylation is 1. The molecular weight excluding hydrogens is 268 g/mol. The number of ether oxygens (including phenoxy) is 1. The number of pyridine rings is 1. The summed E-state index contributed by atoms with van der Waals surface area (Å²) in [5.41, 5.74) is 0.970. The van der Waals surface area contributed by atoms with E-state index in [1.54, 1.807) is 28.8 Å². The van der Waals surface area contributed by atoms with E-state index in [1.807, 2.05) is 32.9 Å². The van der Waals surface area contributed by atoms with Crippen LogP contribution in [0.3, 0.4) is 0 Å². The Balaban J connectivity index is 2.18. The Morgan fingerprint density at radius 3 is 2.71 bits per heavy atom. The second kappa shape index (κ2) is 5.76. The summed E-state index contributed by atoms with van der Waals surface area (Å²) in [6, 6.07) is 3.64. The van der Waals surface area contributed by atoms with Crippen LogP contribution in [0, 0.1) is 0 Å². The predicted molar refractivity (Wildman–Crippen MR) is 82.1 cm³/mol. The quantitative estimate of drug-likeness (QED) is 0.798. The molecule has 1 aromatic heterocycles. The molecule has 5 nitrogen and oxygen atoms in total. The van der Waals surface area contributed by atoms with E-state index in [0.29, 0.717) is 18.7 Å². The lowest BCUT2D eigenvalue weighted by Crippen LogP contribution is -2.40. The van der Waals surface area contributed by atoms with E-state index in [-0.39, 0.29) is 11.7 Å². The minimum absolute atomic E-state index is 0.0465. The third-order valence-electron chi connectivity index (χ3n) is 3.27. The highest BCUT2D eigenvalue weighted by atomic mass is 16.6. The van der Waals surface area contributed by atoms with Crippen LogP contribution in [0.4, 0.5) is 4.79 Å². The van der Waals surface area contributed by atoms with Gasteiger partial charge in [0, 0.05) is 31.9 Å². The van der Waals surface area contributed by atoms with Gasteiger partial charge in [0.15, 0.2) is 0 Å². The summed E-state index contributed by atoms with van der Waals surface area (Å²) >= 11 is 0. The standard InChI is InChI=1S/C16H22N2O3/c1-16(2,3)21-15(20)18-10-5-7-12(11-18)13-8-6-9-17(4)14(13)19/h6-9H,5,10-11H2,1-4H3. The molecule has 2 heterocycles. The van der Waals surface area contributed by atoms with Crippen molar-refractivity contribution in [2.75, 3.05) is 13.1 Å². The molecular formula is C16H22N2O3. The monoisotopic (exact) mass is 290 g/mol. The van der Waals surface area contributed by atoms with Gasteiger partial charge in [0.05, 0.1) is 0 Å². The van der Waals surface area contributed by atoms with Crippen molar-refractivity contribution in [2.24, 2.45) is 7.05 Å². The molecule has 21 heavy (non-hydrogen) atoms. The number of rotatable bonds is 1. The lowest BCUT2D eigenvalue weighted by Gasteiger charge is -2.30. The van der Waals surface area contributed by atoms with Crippen molar-refractivity contribution in [1.82, 2.24) is 9.47 Å². The van der Waals surface area contributed by atoms with E-state index in [4.69, 9.17) is 4.74 Å². The van der Waals surface area contributed by atoms with Crippen molar-refractivity contribution in [1.29, 1.82) is 0 Å². The fraction of sp³-hybridized carbons (Fsp3) is 0.500. The highest BCUT2D eigenvalue weighted by molar-refractivity contribution is 5.75. The Morgan fingerprint density at radius 1 is 1.33 bits per heavy atom. The Labute approximate surface area is 124 Å². The van der Waals surface area contributed by atoms with E-state index in [0.717, 1.165) is 12.0 Å². The average molecular weight is 290 g/mol. The maximum absolute atomic E-state index is 12.2. The van der Waals surface area contributed by atoms with Gasteiger partial charge >= 0.3 is 6.09 Å². The first-order chi connectivity index (χ1) is 9.78. The minimum atomic E-state index is -0.513. The first-order valence-corrected chi connectivity index (χ1v) is 7.11. The molecule has 5 heteroatoms. The van der Waals surface area contributed by atoms with E-state index in [1.165, 1.54) is 0 Å². The van der Waals surface area contributed by atoms with Crippen LogP contribution < -0.4 is 5.56 Å². The normalized spacial score (nSPS) is 15.6. The number of carbonyl (C=O) groups excluding carboxylic acids is 1. The van der Waals surface area contributed by atoms with Gasteiger partial charge in [-0.2, -0.15) is 0 Å². The molecule has 0 atom stereocenters. The molecule has 0 saturated carbocycles. The van der Waals surface area contributed by atoms with Crippen molar-refractivity contribution in [2.45, 2.75) is 32.8 Å². The van der Waals surface area contributed by atoms with E-state index >= 15 is 0 Å². The molecule has 1 aliphatic heterocycles. The summed E-state index contributed by atoms with van der Waals surface area (Å²) in [4.78, 5) is 25.9. The lowest BCUT2D eigenvalue weighted by molar-refractivity contribution is 0.0273. The molecule has 0 unspecified atom stereocenters. The minimum Gasteiger partial charge on any atom is -0.444 e. The van der Waals surface area contributed by atoms with Crippen molar-refractivity contribution in [3.8, 4) is 0 Å². The molecule has 0 aromatic carbocycles. The van der Waals surface area contributed by atoms with E-state index in [9.17, 15) is 9.59 Å². The zero-order valence-electron chi connectivity index (χ0n) is 13.0. The molecule has 0 bridgehead atoms. The Bertz CT molecular complexity index is 623. The van der Waals surface area contributed by atoms with E-state index in [2.05, 4.69) is 0 Å². The zero-order valence-corrected chi connectivity index (χ0v) is 13.0. The van der Waals surface area contributed by atoms with Gasteiger partial charge < -0.3 is 14.2 Å². The molecule has 0 aliphatic carbocycles. The molecule has 0 spiro atoms. The van der Waals surface area contributed by atoms with Gasteiger partial charge in [0.25, 0.3) is 5.56 Å². The summed E-state index contributed by atoms with van der Waals surface area (Å²) in [6.07, 6.45) is 4.14. The first-order valence-electron chi connectivity index (χ1n) is 7.11. The van der Waals surface area contributed by atoms with Gasteiger partial charge in [-0.3, -0.25) is 4.79 Å². The van der Waals surface area contributed by atoms with Gasteiger partial charge in [-0.05, 0) is 44.9 Å². The Hall–Kier alpha value is -2.04. The smallest absolute Gasteiger partial charge is 0.410 e. The second-order valence-electron chi connectivity index (χ2n) is 6.26. The van der Waals surface area contributed by atoms with Gasteiger partial charge in [0.2, 0.25) is 0 Å². The fourth-order valence-electron chi connectivity index (χ4n) is 2.26. The van der Waals surface area contributed by atoms with Crippen LogP contribution in [-0.2, 0) is 11.8 Å². The first kappa shape index (κ1) is 15.4. The highest BCUT2D eigenvalue weighted by Crippen LogP contribution is 2.20. The number of amides is 1. The molecule has 2 rings (SSSR count). The number of nitrogens with zero attached hydrogens (tertiary/aromatic N) is 2. The predicted octanol–water partition coefficient (Wildman–Crippen LogP) is 2.41. The summed E-state index contributed by atoms with van der Waals surface area (Å²) in [6.45, 7) is 6.56. The van der Waals surface area contributed by atoms with E-state index < -0.39 is 5.60 Å². The van der Waals surface area contributed by atoms with Gasteiger partial charge in [-0.15, -0.1) is 0 Å². The number of carbonyl (C=O) groups is 1. The van der Waals surface area contributed by atoms with Gasteiger partial charge in [0.1, 0.15) is 5.60 Å². The highest BCUT2D eigenvalue weighted by Gasteiger charge is 2.25. The third-order valence-corrected chi connectivity index (χ3v) is 3.27. The molecule has 114 valence electrons. The van der Waals surface area contributed by atoms with Crippen LogP contribution in [0.1, 0.15) is 32.8 Å². The van der Waals surface area contributed by atoms with Crippen molar-refractivity contribution >= 4 is 11.7 Å². The summed E-state index contributed by atoms with van der Waals surface area (Å²) < 4.78 is 6.94. The molecule has 1 amide bonds. The Kier molecular flexibility index (Phi) is 4.21. The molecule has 0 radical (unpaired) electrons. The van der Waals surface area contributed by atoms with Crippen LogP contribution in [0.15, 0.2) is 29.2 Å². The maximum atomic E-state index is 12.2. The molecule has 0 N–H and O–H groups in total. The SMILES string of the molecule is Cn1cccc(C2=CCCN(C(=O)OC(C)(C)C)C2)c1=O. The van der Waals surface area contributed by atoms with Crippen LogP contribution in [0.5, 0.6) is 0 Å². The van der Waals surface area contributed by atoms with Crippen molar-refractivity contribution in [3.05, 3.63) is 40.3 Å². The second-order valence-corrected chi connectivity index (χ2v) is 6.26. The van der Waals surface area contributed by atoms with Crippen LogP contribution in [-0.4, -0.2) is 34.3 Å². The molecule has 1 aromatic rings. The lowest BCUT2D eigenvalue weighted by atomic mass is 10.0. The van der Waals surface area contributed by atoms with Crippen molar-refractivity contribution in [3.63, 3.8) is 0 Å². The largest absolute Gasteiger partial charge is 0.444 e. The van der Waals surface area contributed by atoms with Crippen LogP contribution in [0.25, 0.3) is 5.57 Å². The average Bonchev–Trinajstić information content (AvgIpc) is 2.40. The zero-order chi connectivity index (χ0) is 15.6. The van der Waals surface area contributed by atoms with Crippen LogP contribution in [0.2, 0.25) is 0 Å². The molecule has 1 aliphatic rings. The van der Waals surface area contributed by atoms with Crippen LogP contribution >= 0.6 is 0 Å². The Morgan fingerprint density at radius 2 is 2.05 bits per heavy atom. The maximum Gasteiger partial charge on any atom is 0.410 e. The molecule has 0 fully saturated rings. The fourth-order valence-corrected chi connectivity index (χ4v) is 2.26.